The molecule has 0 unspecified atom stereocenters. The highest BCUT2D eigenvalue weighted by Crippen LogP contribution is 2.24. The van der Waals surface area contributed by atoms with Crippen molar-refractivity contribution in [2.45, 2.75) is 53.4 Å². The summed E-state index contributed by atoms with van der Waals surface area (Å²) in [5.41, 5.74) is 1.28. The summed E-state index contributed by atoms with van der Waals surface area (Å²) in [7, 11) is 1.84. The number of rotatable bonds is 8. The number of nitrogens with zero attached hydrogens (tertiary/aromatic N) is 2. The fourth-order valence-electron chi connectivity index (χ4n) is 2.04. The molecule has 2 N–H and O–H groups in total. The molecular formula is C15H28N4. The van der Waals surface area contributed by atoms with Crippen LogP contribution in [0.1, 0.15) is 52.1 Å². The average molecular weight is 264 g/mol. The maximum absolute atomic E-state index is 4.42. The fraction of sp³-hybridized carbons (Fsp3) is 0.733. The zero-order valence-corrected chi connectivity index (χ0v) is 13.0. The quantitative estimate of drug-likeness (QED) is 0.700. The average Bonchev–Trinajstić information content (AvgIpc) is 2.36. The van der Waals surface area contributed by atoms with Crippen molar-refractivity contribution < 1.29 is 0 Å². The van der Waals surface area contributed by atoms with Gasteiger partial charge in [-0.15, -0.1) is 0 Å². The third-order valence-corrected chi connectivity index (χ3v) is 3.28. The number of hydrogen-bond acceptors (Lipinski definition) is 4. The number of aryl methyl sites for hydroxylation is 1. The van der Waals surface area contributed by atoms with Crippen molar-refractivity contribution >= 4 is 11.8 Å². The van der Waals surface area contributed by atoms with Gasteiger partial charge in [-0.3, -0.25) is 0 Å². The van der Waals surface area contributed by atoms with E-state index in [1.807, 2.05) is 20.0 Å². The lowest BCUT2D eigenvalue weighted by Gasteiger charge is -2.25. The third-order valence-electron chi connectivity index (χ3n) is 3.28. The fourth-order valence-corrected chi connectivity index (χ4v) is 2.04. The van der Waals surface area contributed by atoms with Crippen molar-refractivity contribution in [3.05, 3.63) is 11.8 Å². The van der Waals surface area contributed by atoms with Gasteiger partial charge >= 0.3 is 0 Å². The van der Waals surface area contributed by atoms with Gasteiger partial charge in [0, 0.05) is 25.4 Å². The van der Waals surface area contributed by atoms with Crippen LogP contribution < -0.4 is 10.6 Å². The van der Waals surface area contributed by atoms with Crippen LogP contribution in [0.5, 0.6) is 0 Å². The summed E-state index contributed by atoms with van der Waals surface area (Å²) in [6.45, 7) is 9.79. The van der Waals surface area contributed by atoms with Gasteiger partial charge in [0.1, 0.15) is 5.82 Å². The Morgan fingerprint density at radius 2 is 1.95 bits per heavy atom. The molecule has 0 bridgehead atoms. The molecule has 0 aromatic carbocycles. The van der Waals surface area contributed by atoms with Crippen molar-refractivity contribution in [1.29, 1.82) is 0 Å². The second-order valence-electron chi connectivity index (χ2n) is 5.94. The van der Waals surface area contributed by atoms with Gasteiger partial charge in [0.05, 0.1) is 0 Å². The van der Waals surface area contributed by atoms with Gasteiger partial charge in [0.25, 0.3) is 0 Å². The van der Waals surface area contributed by atoms with Crippen LogP contribution in [0.4, 0.5) is 11.8 Å². The third kappa shape index (κ3) is 5.90. The van der Waals surface area contributed by atoms with Crippen LogP contribution in [0.15, 0.2) is 6.07 Å². The van der Waals surface area contributed by atoms with E-state index in [2.05, 4.69) is 41.4 Å². The van der Waals surface area contributed by atoms with E-state index in [1.54, 1.807) is 0 Å². The summed E-state index contributed by atoms with van der Waals surface area (Å²) in [5.74, 6) is 1.58. The van der Waals surface area contributed by atoms with Gasteiger partial charge in [-0.05, 0) is 18.8 Å². The molecular weight excluding hydrogens is 236 g/mol. The predicted molar refractivity (Wildman–Crippen MR) is 82.7 cm³/mol. The summed E-state index contributed by atoms with van der Waals surface area (Å²) >= 11 is 0. The highest BCUT2D eigenvalue weighted by Gasteiger charge is 2.17. The molecule has 0 saturated heterocycles. The number of unbranched alkanes of at least 4 members (excludes halogenated alkanes) is 2. The number of anilines is 2. The second-order valence-corrected chi connectivity index (χ2v) is 5.94. The molecule has 1 rings (SSSR count). The van der Waals surface area contributed by atoms with E-state index >= 15 is 0 Å². The summed E-state index contributed by atoms with van der Waals surface area (Å²) in [5, 5.41) is 6.42. The van der Waals surface area contributed by atoms with E-state index in [0.29, 0.717) is 11.4 Å². The molecule has 108 valence electrons. The molecule has 0 atom stereocenters. The number of hydrogen-bond donors (Lipinski definition) is 2. The van der Waals surface area contributed by atoms with E-state index in [4.69, 9.17) is 0 Å². The predicted octanol–water partition coefficient (Wildman–Crippen LogP) is 3.85. The minimum absolute atomic E-state index is 0.299. The normalized spacial score (nSPS) is 11.4. The van der Waals surface area contributed by atoms with E-state index in [0.717, 1.165) is 18.1 Å². The first-order valence-electron chi connectivity index (χ1n) is 7.24. The summed E-state index contributed by atoms with van der Waals surface area (Å²) in [6.07, 6.45) is 5.15. The molecule has 0 aliphatic rings. The molecule has 4 nitrogen and oxygen atoms in total. The zero-order valence-electron chi connectivity index (χ0n) is 13.0. The maximum Gasteiger partial charge on any atom is 0.224 e. The molecule has 0 aliphatic carbocycles. The Balaban J connectivity index is 2.53. The summed E-state index contributed by atoms with van der Waals surface area (Å²) in [6, 6.07) is 1.99. The highest BCUT2D eigenvalue weighted by molar-refractivity contribution is 5.41. The Morgan fingerprint density at radius 3 is 2.58 bits per heavy atom. The molecule has 1 aromatic heterocycles. The standard InChI is InChI=1S/C15H28N4/c1-6-7-8-9-15(3,4)11-17-13-10-12(2)18-14(16-5)19-13/h10H,6-9,11H2,1-5H3,(H2,16,17,18,19). The molecule has 0 aliphatic heterocycles. The van der Waals surface area contributed by atoms with E-state index < -0.39 is 0 Å². The minimum atomic E-state index is 0.299. The van der Waals surface area contributed by atoms with Gasteiger partial charge in [0.2, 0.25) is 5.95 Å². The van der Waals surface area contributed by atoms with Crippen LogP contribution in [0.2, 0.25) is 0 Å². The molecule has 0 saturated carbocycles. The topological polar surface area (TPSA) is 49.8 Å². The van der Waals surface area contributed by atoms with E-state index in [9.17, 15) is 0 Å². The molecule has 19 heavy (non-hydrogen) atoms. The van der Waals surface area contributed by atoms with Crippen LogP contribution in [0, 0.1) is 12.3 Å². The smallest absolute Gasteiger partial charge is 0.224 e. The minimum Gasteiger partial charge on any atom is -0.369 e. The zero-order chi connectivity index (χ0) is 14.3. The largest absolute Gasteiger partial charge is 0.369 e. The van der Waals surface area contributed by atoms with Crippen LogP contribution in [0.3, 0.4) is 0 Å². The molecule has 4 heteroatoms. The maximum atomic E-state index is 4.42. The Kier molecular flexibility index (Phi) is 6.06. The summed E-state index contributed by atoms with van der Waals surface area (Å²) < 4.78 is 0. The number of aromatic nitrogens is 2. The van der Waals surface area contributed by atoms with Gasteiger partial charge in [0.15, 0.2) is 0 Å². The van der Waals surface area contributed by atoms with Crippen molar-refractivity contribution in [2.24, 2.45) is 5.41 Å². The summed E-state index contributed by atoms with van der Waals surface area (Å²) in [4.78, 5) is 8.71. The highest BCUT2D eigenvalue weighted by atomic mass is 15.1. The Morgan fingerprint density at radius 1 is 1.21 bits per heavy atom. The van der Waals surface area contributed by atoms with Gasteiger partial charge in [-0.2, -0.15) is 4.98 Å². The van der Waals surface area contributed by atoms with E-state index in [1.165, 1.54) is 25.7 Å². The van der Waals surface area contributed by atoms with Crippen LogP contribution in [-0.4, -0.2) is 23.6 Å². The van der Waals surface area contributed by atoms with Crippen molar-refractivity contribution in [3.8, 4) is 0 Å². The lowest BCUT2D eigenvalue weighted by molar-refractivity contribution is 0.342. The van der Waals surface area contributed by atoms with Gasteiger partial charge in [-0.25, -0.2) is 4.98 Å². The van der Waals surface area contributed by atoms with Gasteiger partial charge in [-0.1, -0.05) is 40.0 Å². The van der Waals surface area contributed by atoms with Gasteiger partial charge < -0.3 is 10.6 Å². The van der Waals surface area contributed by atoms with Crippen molar-refractivity contribution in [1.82, 2.24) is 9.97 Å². The Labute approximate surface area is 117 Å². The van der Waals surface area contributed by atoms with Crippen LogP contribution in [0.25, 0.3) is 0 Å². The molecule has 0 spiro atoms. The van der Waals surface area contributed by atoms with Crippen molar-refractivity contribution in [2.75, 3.05) is 24.2 Å². The lowest BCUT2D eigenvalue weighted by Crippen LogP contribution is -2.23. The molecule has 0 fully saturated rings. The second kappa shape index (κ2) is 7.31. The molecule has 1 heterocycles. The Bertz CT molecular complexity index is 388. The SMILES string of the molecule is CCCCCC(C)(C)CNc1cc(C)nc(NC)n1. The first-order valence-corrected chi connectivity index (χ1v) is 7.24. The van der Waals surface area contributed by atoms with Crippen molar-refractivity contribution in [3.63, 3.8) is 0 Å². The van der Waals surface area contributed by atoms with Crippen LogP contribution in [-0.2, 0) is 0 Å². The Hall–Kier alpha value is -1.32. The lowest BCUT2D eigenvalue weighted by atomic mass is 9.87. The number of nitrogens with one attached hydrogen (secondary N) is 2. The monoisotopic (exact) mass is 264 g/mol. The molecule has 1 aromatic rings. The first-order chi connectivity index (χ1) is 8.96. The molecule has 0 radical (unpaired) electrons. The van der Waals surface area contributed by atoms with E-state index in [-0.39, 0.29) is 0 Å². The molecule has 0 amide bonds. The van der Waals surface area contributed by atoms with Crippen LogP contribution >= 0.6 is 0 Å². The first kappa shape index (κ1) is 15.7.